The van der Waals surface area contributed by atoms with Crippen molar-refractivity contribution in [2.45, 2.75) is 19.8 Å². The average molecular weight is 345 g/mol. The van der Waals surface area contributed by atoms with Gasteiger partial charge in [0.2, 0.25) is 10.0 Å². The molecule has 2 rings (SSSR count). The van der Waals surface area contributed by atoms with Crippen LogP contribution in [0, 0.1) is 6.92 Å². The normalized spacial score (nSPS) is 11.5. The lowest BCUT2D eigenvalue weighted by atomic mass is 10.1. The minimum absolute atomic E-state index is 0.0900. The van der Waals surface area contributed by atoms with Gasteiger partial charge in [0.25, 0.3) is 0 Å². The Bertz CT molecular complexity index is 681. The van der Waals surface area contributed by atoms with E-state index in [0.717, 1.165) is 16.3 Å². The Balaban J connectivity index is 2.02. The number of hydrogen-bond donors (Lipinski definition) is 1. The third kappa shape index (κ3) is 4.98. The van der Waals surface area contributed by atoms with Crippen molar-refractivity contribution < 1.29 is 8.42 Å². The molecule has 2 aromatic rings. The molecule has 0 unspecified atom stereocenters. The SMILES string of the molecule is Cc1nc(-c2ccc(NS(=O)(=O)CCCCCl)cc2)cs1. The first-order valence-electron chi connectivity index (χ1n) is 6.59. The van der Waals surface area contributed by atoms with Gasteiger partial charge >= 0.3 is 0 Å². The van der Waals surface area contributed by atoms with Gasteiger partial charge in [-0.15, -0.1) is 22.9 Å². The summed E-state index contributed by atoms with van der Waals surface area (Å²) in [6.45, 7) is 1.96. The molecule has 4 nitrogen and oxygen atoms in total. The highest BCUT2D eigenvalue weighted by Gasteiger charge is 2.10. The quantitative estimate of drug-likeness (QED) is 0.612. The predicted octanol–water partition coefficient (Wildman–Crippen LogP) is 3.88. The van der Waals surface area contributed by atoms with Crippen molar-refractivity contribution in [3.63, 3.8) is 0 Å². The van der Waals surface area contributed by atoms with E-state index >= 15 is 0 Å². The summed E-state index contributed by atoms with van der Waals surface area (Å²) in [6.07, 6.45) is 1.26. The number of nitrogens with one attached hydrogen (secondary N) is 1. The number of thiazole rings is 1. The Hall–Kier alpha value is -1.11. The molecule has 0 spiro atoms. The number of halogens is 1. The van der Waals surface area contributed by atoms with Gasteiger partial charge in [0.05, 0.1) is 16.5 Å². The largest absolute Gasteiger partial charge is 0.284 e. The summed E-state index contributed by atoms with van der Waals surface area (Å²) >= 11 is 7.14. The van der Waals surface area contributed by atoms with Gasteiger partial charge in [-0.1, -0.05) is 12.1 Å². The van der Waals surface area contributed by atoms with Crippen LogP contribution in [0.5, 0.6) is 0 Å². The second-order valence-electron chi connectivity index (χ2n) is 4.65. The molecule has 0 atom stereocenters. The monoisotopic (exact) mass is 344 g/mol. The fourth-order valence-electron chi connectivity index (χ4n) is 1.82. The molecule has 0 fully saturated rings. The van der Waals surface area contributed by atoms with Gasteiger partial charge in [0, 0.05) is 22.5 Å². The van der Waals surface area contributed by atoms with Gasteiger partial charge in [-0.25, -0.2) is 13.4 Å². The number of aryl methyl sites for hydroxylation is 1. The van der Waals surface area contributed by atoms with E-state index in [0.29, 0.717) is 24.4 Å². The topological polar surface area (TPSA) is 59.1 Å². The number of unbranched alkanes of at least 4 members (excludes halogenated alkanes) is 1. The zero-order valence-corrected chi connectivity index (χ0v) is 14.1. The highest BCUT2D eigenvalue weighted by Crippen LogP contribution is 2.23. The highest BCUT2D eigenvalue weighted by molar-refractivity contribution is 7.92. The van der Waals surface area contributed by atoms with Crippen LogP contribution in [0.25, 0.3) is 11.3 Å². The first-order chi connectivity index (χ1) is 10.00. The lowest BCUT2D eigenvalue weighted by Gasteiger charge is -2.08. The molecule has 114 valence electrons. The first-order valence-corrected chi connectivity index (χ1v) is 9.66. The van der Waals surface area contributed by atoms with Gasteiger partial charge in [-0.2, -0.15) is 0 Å². The van der Waals surface area contributed by atoms with Crippen LogP contribution in [0.15, 0.2) is 29.6 Å². The fourth-order valence-corrected chi connectivity index (χ4v) is 3.81. The van der Waals surface area contributed by atoms with Crippen LogP contribution in [-0.2, 0) is 10.0 Å². The smallest absolute Gasteiger partial charge is 0.232 e. The summed E-state index contributed by atoms with van der Waals surface area (Å²) < 4.78 is 26.3. The van der Waals surface area contributed by atoms with E-state index in [1.54, 1.807) is 23.5 Å². The van der Waals surface area contributed by atoms with Crippen LogP contribution in [0.2, 0.25) is 0 Å². The molecule has 1 aromatic heterocycles. The van der Waals surface area contributed by atoms with E-state index in [9.17, 15) is 8.42 Å². The maximum atomic E-state index is 11.9. The molecule has 0 radical (unpaired) electrons. The number of benzene rings is 1. The molecule has 0 aliphatic carbocycles. The van der Waals surface area contributed by atoms with Gasteiger partial charge in [0.1, 0.15) is 0 Å². The van der Waals surface area contributed by atoms with Crippen LogP contribution in [-0.4, -0.2) is 25.0 Å². The predicted molar refractivity (Wildman–Crippen MR) is 89.7 cm³/mol. The molecule has 0 aliphatic heterocycles. The van der Waals surface area contributed by atoms with E-state index in [-0.39, 0.29) is 5.75 Å². The van der Waals surface area contributed by atoms with Crippen molar-refractivity contribution in [3.05, 3.63) is 34.7 Å². The van der Waals surface area contributed by atoms with Crippen molar-refractivity contribution in [1.82, 2.24) is 4.98 Å². The number of aromatic nitrogens is 1. The molecule has 0 aliphatic rings. The molecule has 1 aromatic carbocycles. The van der Waals surface area contributed by atoms with Gasteiger partial charge in [-0.05, 0) is 31.9 Å². The lowest BCUT2D eigenvalue weighted by molar-refractivity contribution is 0.598. The summed E-state index contributed by atoms with van der Waals surface area (Å²) in [5.41, 5.74) is 2.45. The van der Waals surface area contributed by atoms with Gasteiger partial charge < -0.3 is 0 Å². The minimum Gasteiger partial charge on any atom is -0.284 e. The highest BCUT2D eigenvalue weighted by atomic mass is 35.5. The van der Waals surface area contributed by atoms with E-state index in [1.165, 1.54) is 0 Å². The first kappa shape index (κ1) is 16.3. The zero-order chi connectivity index (χ0) is 15.3. The molecule has 0 saturated heterocycles. The molecule has 0 amide bonds. The molecule has 21 heavy (non-hydrogen) atoms. The number of sulfonamides is 1. The average Bonchev–Trinajstić information content (AvgIpc) is 2.86. The zero-order valence-electron chi connectivity index (χ0n) is 11.7. The van der Waals surface area contributed by atoms with E-state index in [4.69, 9.17) is 11.6 Å². The molecular weight excluding hydrogens is 328 g/mol. The van der Waals surface area contributed by atoms with Crippen molar-refractivity contribution in [2.75, 3.05) is 16.4 Å². The van der Waals surface area contributed by atoms with Crippen LogP contribution in [0.4, 0.5) is 5.69 Å². The van der Waals surface area contributed by atoms with Gasteiger partial charge in [-0.3, -0.25) is 4.72 Å². The Morgan fingerprint density at radius 1 is 1.24 bits per heavy atom. The summed E-state index contributed by atoms with van der Waals surface area (Å²) in [6, 6.07) is 7.24. The van der Waals surface area contributed by atoms with Gasteiger partial charge in [0.15, 0.2) is 0 Å². The fraction of sp³-hybridized carbons (Fsp3) is 0.357. The molecular formula is C14H17ClN2O2S2. The molecule has 1 heterocycles. The minimum atomic E-state index is -3.30. The standard InChI is InChI=1S/C14H17ClN2O2S2/c1-11-16-14(10-20-11)12-4-6-13(7-5-12)17-21(18,19)9-3-2-8-15/h4-7,10,17H,2-3,8-9H2,1H3. The van der Waals surface area contributed by atoms with Crippen molar-refractivity contribution in [1.29, 1.82) is 0 Å². The molecule has 7 heteroatoms. The Kier molecular flexibility index (Phi) is 5.61. The molecule has 0 bridgehead atoms. The second kappa shape index (κ2) is 7.24. The number of hydrogen-bond acceptors (Lipinski definition) is 4. The molecule has 0 saturated carbocycles. The maximum absolute atomic E-state index is 11.9. The van der Waals surface area contributed by atoms with Crippen LogP contribution in [0.3, 0.4) is 0 Å². The number of anilines is 1. The number of rotatable bonds is 7. The second-order valence-corrected chi connectivity index (χ2v) is 7.93. The lowest BCUT2D eigenvalue weighted by Crippen LogP contribution is -2.16. The van der Waals surface area contributed by atoms with Crippen molar-refractivity contribution in [3.8, 4) is 11.3 Å². The van der Waals surface area contributed by atoms with Crippen molar-refractivity contribution >= 4 is 38.6 Å². The third-order valence-corrected chi connectivity index (χ3v) is 5.28. The van der Waals surface area contributed by atoms with Crippen LogP contribution < -0.4 is 4.72 Å². The summed E-state index contributed by atoms with van der Waals surface area (Å²) in [5.74, 6) is 0.573. The summed E-state index contributed by atoms with van der Waals surface area (Å²) in [4.78, 5) is 4.40. The Morgan fingerprint density at radius 2 is 1.95 bits per heavy atom. The molecule has 1 N–H and O–H groups in total. The summed E-state index contributed by atoms with van der Waals surface area (Å²) in [5, 5.41) is 3.00. The number of nitrogens with zero attached hydrogens (tertiary/aromatic N) is 1. The van der Waals surface area contributed by atoms with E-state index < -0.39 is 10.0 Å². The van der Waals surface area contributed by atoms with Crippen LogP contribution in [0.1, 0.15) is 17.8 Å². The van der Waals surface area contributed by atoms with Crippen LogP contribution >= 0.6 is 22.9 Å². The number of alkyl halides is 1. The Labute approximate surface area is 134 Å². The Morgan fingerprint density at radius 3 is 2.52 bits per heavy atom. The van der Waals surface area contributed by atoms with Crippen molar-refractivity contribution in [2.24, 2.45) is 0 Å². The third-order valence-electron chi connectivity index (χ3n) is 2.87. The summed E-state index contributed by atoms with van der Waals surface area (Å²) in [7, 11) is -3.30. The van der Waals surface area contributed by atoms with E-state index in [1.807, 2.05) is 24.4 Å². The maximum Gasteiger partial charge on any atom is 0.232 e. The van der Waals surface area contributed by atoms with E-state index in [2.05, 4.69) is 9.71 Å².